The maximum atomic E-state index is 10.3. The first-order valence-corrected chi connectivity index (χ1v) is 6.13. The molecule has 0 saturated carbocycles. The molecule has 6 heteroatoms. The van der Waals surface area contributed by atoms with Crippen LogP contribution >= 0.6 is 23.2 Å². The minimum absolute atomic E-state index is 0.254. The van der Waals surface area contributed by atoms with Gasteiger partial charge in [0.1, 0.15) is 0 Å². The van der Waals surface area contributed by atoms with E-state index in [2.05, 4.69) is 0 Å². The van der Waals surface area contributed by atoms with Crippen LogP contribution in [0.4, 0.5) is 0 Å². The highest BCUT2D eigenvalue weighted by Crippen LogP contribution is 2.09. The summed E-state index contributed by atoms with van der Waals surface area (Å²) in [5.41, 5.74) is 0.508. The Bertz CT molecular complexity index is 536. The van der Waals surface area contributed by atoms with Gasteiger partial charge in [0.15, 0.2) is 0 Å². The molecule has 0 aromatic heterocycles. The van der Waals surface area contributed by atoms with Crippen molar-refractivity contribution >= 4 is 35.1 Å². The molecule has 20 heavy (non-hydrogen) atoms. The van der Waals surface area contributed by atoms with E-state index < -0.39 is 11.9 Å². The van der Waals surface area contributed by atoms with Gasteiger partial charge in [-0.2, -0.15) is 0 Å². The predicted molar refractivity (Wildman–Crippen MR) is 76.8 cm³/mol. The lowest BCUT2D eigenvalue weighted by Crippen LogP contribution is -1.94. The highest BCUT2D eigenvalue weighted by Gasteiger charge is 1.99. The molecule has 2 aromatic carbocycles. The molecule has 0 amide bonds. The van der Waals surface area contributed by atoms with Crippen LogP contribution in [0.15, 0.2) is 48.5 Å². The standard InChI is InChI=1S/2C7H5ClO2/c2*8-6-3-1-5(2-4-6)7(9)10/h2*1-4H,(H,9,10). The largest absolute Gasteiger partial charge is 0.478 e. The van der Waals surface area contributed by atoms with Crippen molar-refractivity contribution in [1.29, 1.82) is 0 Å². The van der Waals surface area contributed by atoms with Crippen molar-refractivity contribution in [3.05, 3.63) is 69.7 Å². The lowest BCUT2D eigenvalue weighted by Gasteiger charge is -1.91. The maximum Gasteiger partial charge on any atom is 0.335 e. The molecule has 104 valence electrons. The number of hydrogen-bond acceptors (Lipinski definition) is 2. The van der Waals surface area contributed by atoms with Gasteiger partial charge in [-0.05, 0) is 48.5 Å². The molecule has 2 aromatic rings. The Morgan fingerprint density at radius 2 is 0.900 bits per heavy atom. The predicted octanol–water partition coefficient (Wildman–Crippen LogP) is 4.08. The van der Waals surface area contributed by atoms with Crippen molar-refractivity contribution in [1.82, 2.24) is 0 Å². The van der Waals surface area contributed by atoms with Gasteiger partial charge in [-0.1, -0.05) is 23.2 Å². The minimum Gasteiger partial charge on any atom is -0.478 e. The average Bonchev–Trinajstić information content (AvgIpc) is 2.40. The van der Waals surface area contributed by atoms with Crippen molar-refractivity contribution in [2.24, 2.45) is 0 Å². The van der Waals surface area contributed by atoms with E-state index in [4.69, 9.17) is 33.4 Å². The smallest absolute Gasteiger partial charge is 0.335 e. The molecule has 0 atom stereocenters. The van der Waals surface area contributed by atoms with E-state index in [1.807, 2.05) is 0 Å². The molecule has 4 nitrogen and oxygen atoms in total. The van der Waals surface area contributed by atoms with Gasteiger partial charge in [0.2, 0.25) is 0 Å². The molecule has 0 aliphatic carbocycles. The van der Waals surface area contributed by atoms with E-state index in [0.717, 1.165) is 0 Å². The Hall–Kier alpha value is -2.04. The number of carboxylic acid groups (broad SMARTS) is 2. The van der Waals surface area contributed by atoms with Gasteiger partial charge in [0.05, 0.1) is 11.1 Å². The van der Waals surface area contributed by atoms with Crippen molar-refractivity contribution in [3.8, 4) is 0 Å². The quantitative estimate of drug-likeness (QED) is 0.876. The second-order valence-corrected chi connectivity index (χ2v) is 4.50. The molecule has 0 aliphatic heterocycles. The van der Waals surface area contributed by atoms with Gasteiger partial charge in [0, 0.05) is 10.0 Å². The SMILES string of the molecule is O=C(O)c1ccc(Cl)cc1.O=C(O)c1ccc(Cl)cc1. The lowest BCUT2D eigenvalue weighted by molar-refractivity contribution is 0.0686. The van der Waals surface area contributed by atoms with Crippen LogP contribution in [-0.4, -0.2) is 22.2 Å². The Kier molecular flexibility index (Phi) is 6.03. The number of benzene rings is 2. The zero-order chi connectivity index (χ0) is 15.1. The fourth-order valence-electron chi connectivity index (χ4n) is 1.18. The Labute approximate surface area is 125 Å². The summed E-state index contributed by atoms with van der Waals surface area (Å²) < 4.78 is 0. The Morgan fingerprint density at radius 3 is 1.10 bits per heavy atom. The topological polar surface area (TPSA) is 74.6 Å². The molecule has 0 bridgehead atoms. The monoisotopic (exact) mass is 312 g/mol. The Balaban J connectivity index is 0.000000200. The van der Waals surface area contributed by atoms with Crippen molar-refractivity contribution in [2.75, 3.05) is 0 Å². The number of hydrogen-bond donors (Lipinski definition) is 2. The van der Waals surface area contributed by atoms with Crippen LogP contribution < -0.4 is 0 Å². The third kappa shape index (κ3) is 5.30. The van der Waals surface area contributed by atoms with E-state index in [9.17, 15) is 9.59 Å². The molecule has 0 spiro atoms. The summed E-state index contributed by atoms with van der Waals surface area (Å²) in [5, 5.41) is 18.0. The second kappa shape index (κ2) is 7.53. The summed E-state index contributed by atoms with van der Waals surface area (Å²) in [4.78, 5) is 20.5. The molecule has 0 radical (unpaired) electrons. The summed E-state index contributed by atoms with van der Waals surface area (Å²) in [6.07, 6.45) is 0. The van der Waals surface area contributed by atoms with Crippen molar-refractivity contribution in [2.45, 2.75) is 0 Å². The fourth-order valence-corrected chi connectivity index (χ4v) is 1.44. The molecular formula is C14H10Cl2O4. The van der Waals surface area contributed by atoms with Crippen LogP contribution in [-0.2, 0) is 0 Å². The normalized spacial score (nSPS) is 9.30. The van der Waals surface area contributed by atoms with Crippen LogP contribution in [0, 0.1) is 0 Å². The average molecular weight is 313 g/mol. The molecule has 2 rings (SSSR count). The zero-order valence-corrected chi connectivity index (χ0v) is 11.6. The third-order valence-electron chi connectivity index (χ3n) is 2.18. The summed E-state index contributed by atoms with van der Waals surface area (Å²) in [6.45, 7) is 0. The number of aromatic carboxylic acids is 2. The number of carboxylic acids is 2. The summed E-state index contributed by atoms with van der Waals surface area (Å²) >= 11 is 11.0. The Morgan fingerprint density at radius 1 is 0.650 bits per heavy atom. The fraction of sp³-hybridized carbons (Fsp3) is 0. The number of rotatable bonds is 2. The maximum absolute atomic E-state index is 10.3. The molecule has 0 unspecified atom stereocenters. The first-order valence-electron chi connectivity index (χ1n) is 5.38. The van der Waals surface area contributed by atoms with Crippen LogP contribution in [0.25, 0.3) is 0 Å². The van der Waals surface area contributed by atoms with Gasteiger partial charge in [-0.15, -0.1) is 0 Å². The van der Waals surface area contributed by atoms with Crippen molar-refractivity contribution in [3.63, 3.8) is 0 Å². The van der Waals surface area contributed by atoms with E-state index in [0.29, 0.717) is 10.0 Å². The van der Waals surface area contributed by atoms with Gasteiger partial charge >= 0.3 is 11.9 Å². The van der Waals surface area contributed by atoms with Crippen LogP contribution in [0.5, 0.6) is 0 Å². The van der Waals surface area contributed by atoms with Gasteiger partial charge < -0.3 is 10.2 Å². The van der Waals surface area contributed by atoms with E-state index in [1.54, 1.807) is 24.3 Å². The number of carbonyl (C=O) groups is 2. The zero-order valence-electron chi connectivity index (χ0n) is 10.1. The molecule has 0 saturated heterocycles. The van der Waals surface area contributed by atoms with Gasteiger partial charge in [-0.25, -0.2) is 9.59 Å². The summed E-state index contributed by atoms with van der Waals surface area (Å²) in [5.74, 6) is -1.87. The highest BCUT2D eigenvalue weighted by molar-refractivity contribution is 6.30. The minimum atomic E-state index is -0.934. The van der Waals surface area contributed by atoms with Crippen molar-refractivity contribution < 1.29 is 19.8 Å². The summed E-state index contributed by atoms with van der Waals surface area (Å²) in [6, 6.07) is 12.0. The third-order valence-corrected chi connectivity index (χ3v) is 2.69. The van der Waals surface area contributed by atoms with Crippen LogP contribution in [0.2, 0.25) is 10.0 Å². The molecule has 0 aliphatic rings. The van der Waals surface area contributed by atoms with E-state index >= 15 is 0 Å². The van der Waals surface area contributed by atoms with Gasteiger partial charge in [-0.3, -0.25) is 0 Å². The van der Waals surface area contributed by atoms with Crippen LogP contribution in [0.3, 0.4) is 0 Å². The van der Waals surface area contributed by atoms with Gasteiger partial charge in [0.25, 0.3) is 0 Å². The first kappa shape index (κ1) is 16.0. The second-order valence-electron chi connectivity index (χ2n) is 3.62. The van der Waals surface area contributed by atoms with Crippen LogP contribution in [0.1, 0.15) is 20.7 Å². The van der Waals surface area contributed by atoms with E-state index in [-0.39, 0.29) is 11.1 Å². The lowest BCUT2D eigenvalue weighted by atomic mass is 10.2. The summed E-state index contributed by atoms with van der Waals surface area (Å²) in [7, 11) is 0. The molecule has 0 fully saturated rings. The molecule has 0 heterocycles. The molecule has 2 N–H and O–H groups in total. The van der Waals surface area contributed by atoms with E-state index in [1.165, 1.54) is 24.3 Å². The highest BCUT2D eigenvalue weighted by atomic mass is 35.5. The molecular weight excluding hydrogens is 303 g/mol. The number of halogens is 2. The first-order chi connectivity index (χ1) is 9.40.